The van der Waals surface area contributed by atoms with E-state index in [4.69, 9.17) is 9.47 Å². The first kappa shape index (κ1) is 23.5. The van der Waals surface area contributed by atoms with Gasteiger partial charge in [0.1, 0.15) is 5.75 Å². The summed E-state index contributed by atoms with van der Waals surface area (Å²) in [4.78, 5) is 24.1. The van der Waals surface area contributed by atoms with Gasteiger partial charge >= 0.3 is 5.97 Å². The fourth-order valence-corrected chi connectivity index (χ4v) is 2.98. The van der Waals surface area contributed by atoms with Gasteiger partial charge in [-0.05, 0) is 61.2 Å². The molecule has 0 aliphatic heterocycles. The van der Waals surface area contributed by atoms with Crippen LogP contribution in [0.2, 0.25) is 0 Å². The molecule has 2 aromatic rings. The van der Waals surface area contributed by atoms with E-state index < -0.39 is 0 Å². The molecule has 1 N–H and O–H groups in total. The van der Waals surface area contributed by atoms with Crippen molar-refractivity contribution in [1.29, 1.82) is 0 Å². The van der Waals surface area contributed by atoms with Crippen LogP contribution in [0.4, 0.5) is 5.69 Å². The molecule has 0 aromatic heterocycles. The number of rotatable bonds is 13. The Bertz CT molecular complexity index is 769. The summed E-state index contributed by atoms with van der Waals surface area (Å²) in [5, 5.41) is 2.84. The molecule has 0 fully saturated rings. The number of amides is 1. The number of hydrogen-bond acceptors (Lipinski definition) is 4. The second kappa shape index (κ2) is 13.4. The molecule has 162 valence electrons. The van der Waals surface area contributed by atoms with Crippen molar-refractivity contribution in [2.75, 3.05) is 18.5 Å². The first-order chi connectivity index (χ1) is 14.6. The van der Waals surface area contributed by atoms with Crippen molar-refractivity contribution in [3.8, 4) is 5.75 Å². The Hall–Kier alpha value is -2.82. The van der Waals surface area contributed by atoms with E-state index in [1.807, 2.05) is 12.1 Å². The monoisotopic (exact) mass is 411 g/mol. The number of anilines is 1. The minimum Gasteiger partial charge on any atom is -0.494 e. The summed E-state index contributed by atoms with van der Waals surface area (Å²) >= 11 is 0. The summed E-state index contributed by atoms with van der Waals surface area (Å²) in [6.45, 7) is 5.20. The summed E-state index contributed by atoms with van der Waals surface area (Å²) in [6.07, 6.45) is 6.21. The molecule has 0 heterocycles. The van der Waals surface area contributed by atoms with Crippen molar-refractivity contribution >= 4 is 17.6 Å². The lowest BCUT2D eigenvalue weighted by atomic mass is 10.1. The van der Waals surface area contributed by atoms with Gasteiger partial charge in [0.25, 0.3) is 0 Å². The molecule has 0 unspecified atom stereocenters. The van der Waals surface area contributed by atoms with Crippen LogP contribution >= 0.6 is 0 Å². The van der Waals surface area contributed by atoms with Crippen LogP contribution in [0.3, 0.4) is 0 Å². The maximum atomic E-state index is 12.1. The van der Waals surface area contributed by atoms with Crippen LogP contribution in [0.5, 0.6) is 5.75 Å². The summed E-state index contributed by atoms with van der Waals surface area (Å²) in [7, 11) is 0. The Labute approximate surface area is 179 Å². The average molecular weight is 412 g/mol. The van der Waals surface area contributed by atoms with Gasteiger partial charge in [-0.25, -0.2) is 4.79 Å². The molecule has 0 saturated heterocycles. The smallest absolute Gasteiger partial charge is 0.338 e. The molecule has 5 nitrogen and oxygen atoms in total. The highest BCUT2D eigenvalue weighted by Crippen LogP contribution is 2.15. The largest absolute Gasteiger partial charge is 0.494 e. The zero-order valence-corrected chi connectivity index (χ0v) is 18.1. The molecule has 0 spiro atoms. The van der Waals surface area contributed by atoms with Gasteiger partial charge in [0.05, 0.1) is 18.8 Å². The minimum absolute atomic E-state index is 0.0771. The first-order valence-corrected chi connectivity index (χ1v) is 10.9. The van der Waals surface area contributed by atoms with Gasteiger partial charge in [0.2, 0.25) is 5.91 Å². The number of hydrogen-bond donors (Lipinski definition) is 1. The van der Waals surface area contributed by atoms with E-state index in [2.05, 4.69) is 31.3 Å². The predicted octanol–water partition coefficient (Wildman–Crippen LogP) is 5.78. The Balaban J connectivity index is 1.66. The zero-order chi connectivity index (χ0) is 21.6. The maximum Gasteiger partial charge on any atom is 0.338 e. The quantitative estimate of drug-likeness (QED) is 0.335. The Morgan fingerprint density at radius 2 is 1.57 bits per heavy atom. The number of nitrogens with one attached hydrogen (secondary N) is 1. The highest BCUT2D eigenvalue weighted by molar-refractivity contribution is 5.93. The number of benzene rings is 2. The molecular weight excluding hydrogens is 378 g/mol. The van der Waals surface area contributed by atoms with Crippen LogP contribution in [-0.2, 0) is 16.0 Å². The summed E-state index contributed by atoms with van der Waals surface area (Å²) < 4.78 is 10.9. The van der Waals surface area contributed by atoms with Crippen LogP contribution in [0.15, 0.2) is 48.5 Å². The van der Waals surface area contributed by atoms with Gasteiger partial charge in [0.15, 0.2) is 0 Å². The van der Waals surface area contributed by atoms with E-state index in [0.29, 0.717) is 37.3 Å². The van der Waals surface area contributed by atoms with Gasteiger partial charge in [-0.15, -0.1) is 0 Å². The van der Waals surface area contributed by atoms with Gasteiger partial charge in [0, 0.05) is 12.1 Å². The Morgan fingerprint density at radius 1 is 0.833 bits per heavy atom. The third-order valence-corrected chi connectivity index (χ3v) is 4.66. The first-order valence-electron chi connectivity index (χ1n) is 10.9. The molecule has 5 heteroatoms. The highest BCUT2D eigenvalue weighted by atomic mass is 16.5. The SMILES string of the molecule is CCCCCOC(=O)c1ccc(NC(=O)CCCOc2ccc(CCC)cc2)cc1. The molecule has 0 bridgehead atoms. The normalized spacial score (nSPS) is 10.5. The second-order valence-corrected chi connectivity index (χ2v) is 7.31. The molecule has 2 aromatic carbocycles. The third kappa shape index (κ3) is 8.68. The standard InChI is InChI=1S/C25H33NO4/c1-3-5-6-18-30-25(28)21-12-14-22(15-13-21)26-24(27)9-7-19-29-23-16-10-20(8-4-2)11-17-23/h10-17H,3-9,18-19H2,1-2H3,(H,26,27). The Kier molecular flexibility index (Phi) is 10.5. The number of carbonyl (C=O) groups excluding carboxylic acids is 2. The van der Waals surface area contributed by atoms with Gasteiger partial charge in [-0.1, -0.05) is 45.2 Å². The molecular formula is C25H33NO4. The van der Waals surface area contributed by atoms with Crippen LogP contribution in [-0.4, -0.2) is 25.1 Å². The number of unbranched alkanes of at least 4 members (excludes halogenated alkanes) is 2. The highest BCUT2D eigenvalue weighted by Gasteiger charge is 2.08. The molecule has 30 heavy (non-hydrogen) atoms. The average Bonchev–Trinajstić information content (AvgIpc) is 2.76. The second-order valence-electron chi connectivity index (χ2n) is 7.31. The summed E-state index contributed by atoms with van der Waals surface area (Å²) in [5.41, 5.74) is 2.46. The van der Waals surface area contributed by atoms with Crippen LogP contribution in [0.1, 0.15) is 68.3 Å². The van der Waals surface area contributed by atoms with Crippen molar-refractivity contribution < 1.29 is 19.1 Å². The van der Waals surface area contributed by atoms with Crippen molar-refractivity contribution in [3.63, 3.8) is 0 Å². The lowest BCUT2D eigenvalue weighted by molar-refractivity contribution is -0.116. The third-order valence-electron chi connectivity index (χ3n) is 4.66. The topological polar surface area (TPSA) is 64.6 Å². The lowest BCUT2D eigenvalue weighted by Crippen LogP contribution is -2.13. The van der Waals surface area contributed by atoms with Gasteiger partial charge in [-0.3, -0.25) is 4.79 Å². The van der Waals surface area contributed by atoms with E-state index in [1.54, 1.807) is 24.3 Å². The Morgan fingerprint density at radius 3 is 2.23 bits per heavy atom. The number of ether oxygens (including phenoxy) is 2. The molecule has 0 aliphatic carbocycles. The van der Waals surface area contributed by atoms with Crippen LogP contribution in [0, 0.1) is 0 Å². The van der Waals surface area contributed by atoms with Gasteiger partial charge in [-0.2, -0.15) is 0 Å². The fraction of sp³-hybridized carbons (Fsp3) is 0.440. The van der Waals surface area contributed by atoms with Crippen LogP contribution in [0.25, 0.3) is 0 Å². The van der Waals surface area contributed by atoms with E-state index in [1.165, 1.54) is 5.56 Å². The van der Waals surface area contributed by atoms with Crippen LogP contribution < -0.4 is 10.1 Å². The molecule has 0 atom stereocenters. The molecule has 0 saturated carbocycles. The van der Waals surface area contributed by atoms with E-state index in [0.717, 1.165) is 37.9 Å². The van der Waals surface area contributed by atoms with E-state index in [9.17, 15) is 9.59 Å². The van der Waals surface area contributed by atoms with Gasteiger partial charge < -0.3 is 14.8 Å². The molecule has 2 rings (SSSR count). The number of carbonyl (C=O) groups is 2. The fourth-order valence-electron chi connectivity index (χ4n) is 2.98. The molecule has 0 aliphatic rings. The van der Waals surface area contributed by atoms with E-state index >= 15 is 0 Å². The summed E-state index contributed by atoms with van der Waals surface area (Å²) in [5.74, 6) is 0.420. The number of aryl methyl sites for hydroxylation is 1. The van der Waals surface area contributed by atoms with Crippen molar-refractivity contribution in [1.82, 2.24) is 0 Å². The minimum atomic E-state index is -0.330. The maximum absolute atomic E-state index is 12.1. The lowest BCUT2D eigenvalue weighted by Gasteiger charge is -2.09. The number of esters is 1. The molecule has 0 radical (unpaired) electrons. The van der Waals surface area contributed by atoms with Crippen molar-refractivity contribution in [3.05, 3.63) is 59.7 Å². The zero-order valence-electron chi connectivity index (χ0n) is 18.1. The van der Waals surface area contributed by atoms with E-state index in [-0.39, 0.29) is 11.9 Å². The summed E-state index contributed by atoms with van der Waals surface area (Å²) in [6, 6.07) is 14.9. The van der Waals surface area contributed by atoms with Crippen molar-refractivity contribution in [2.24, 2.45) is 0 Å². The molecule has 1 amide bonds. The van der Waals surface area contributed by atoms with Crippen molar-refractivity contribution in [2.45, 2.75) is 58.8 Å². The predicted molar refractivity (Wildman–Crippen MR) is 120 cm³/mol.